The zero-order valence-electron chi connectivity index (χ0n) is 8.46. The molecule has 1 heterocycles. The van der Waals surface area contributed by atoms with Gasteiger partial charge in [0.25, 0.3) is 0 Å². The molecule has 1 aromatic carbocycles. The van der Waals surface area contributed by atoms with Gasteiger partial charge >= 0.3 is 0 Å². The second-order valence-electron chi connectivity index (χ2n) is 3.90. The maximum Gasteiger partial charge on any atom is 0.123 e. The van der Waals surface area contributed by atoms with Gasteiger partial charge in [-0.25, -0.2) is 4.39 Å². The zero-order chi connectivity index (χ0) is 10.7. The first-order chi connectivity index (χ1) is 7.27. The van der Waals surface area contributed by atoms with Crippen molar-refractivity contribution < 1.29 is 9.13 Å². The SMILES string of the molecule is Fc1ccc(C(Br)C2CCOCC2)cc1. The summed E-state index contributed by atoms with van der Waals surface area (Å²) in [6, 6.07) is 6.74. The van der Waals surface area contributed by atoms with Crippen LogP contribution in [0, 0.1) is 11.7 Å². The van der Waals surface area contributed by atoms with Gasteiger partial charge < -0.3 is 4.74 Å². The van der Waals surface area contributed by atoms with Crippen molar-refractivity contribution >= 4 is 15.9 Å². The summed E-state index contributed by atoms with van der Waals surface area (Å²) in [5, 5.41) is 0. The molecule has 1 nitrogen and oxygen atoms in total. The van der Waals surface area contributed by atoms with Crippen molar-refractivity contribution in [3.63, 3.8) is 0 Å². The Bertz CT molecular complexity index is 306. The molecule has 3 heteroatoms. The van der Waals surface area contributed by atoms with Crippen LogP contribution in [0.25, 0.3) is 0 Å². The molecule has 0 saturated carbocycles. The molecular formula is C12H14BrFO. The fraction of sp³-hybridized carbons (Fsp3) is 0.500. The Kier molecular flexibility index (Phi) is 3.76. The second-order valence-corrected chi connectivity index (χ2v) is 4.89. The van der Waals surface area contributed by atoms with Gasteiger partial charge in [-0.1, -0.05) is 28.1 Å². The lowest BCUT2D eigenvalue weighted by atomic mass is 9.92. The van der Waals surface area contributed by atoms with Crippen LogP contribution in [-0.4, -0.2) is 13.2 Å². The highest BCUT2D eigenvalue weighted by atomic mass is 79.9. The van der Waals surface area contributed by atoms with Crippen LogP contribution in [-0.2, 0) is 4.74 Å². The molecule has 1 aliphatic rings. The maximum absolute atomic E-state index is 12.8. The lowest BCUT2D eigenvalue weighted by molar-refractivity contribution is 0.0662. The van der Waals surface area contributed by atoms with Crippen molar-refractivity contribution in [2.75, 3.05) is 13.2 Å². The Morgan fingerprint density at radius 3 is 2.40 bits per heavy atom. The Morgan fingerprint density at radius 1 is 1.20 bits per heavy atom. The summed E-state index contributed by atoms with van der Waals surface area (Å²) in [7, 11) is 0. The molecule has 0 bridgehead atoms. The van der Waals surface area contributed by atoms with Crippen LogP contribution in [0.1, 0.15) is 23.2 Å². The smallest absolute Gasteiger partial charge is 0.123 e. The standard InChI is InChI=1S/C12H14BrFO/c13-12(10-5-7-15-8-6-10)9-1-3-11(14)4-2-9/h1-4,10,12H,5-8H2. The molecule has 15 heavy (non-hydrogen) atoms. The Balaban J connectivity index is 2.05. The third kappa shape index (κ3) is 2.79. The van der Waals surface area contributed by atoms with Crippen molar-refractivity contribution in [2.24, 2.45) is 5.92 Å². The molecule has 1 unspecified atom stereocenters. The zero-order valence-corrected chi connectivity index (χ0v) is 10.0. The van der Waals surface area contributed by atoms with Crippen LogP contribution < -0.4 is 0 Å². The van der Waals surface area contributed by atoms with Crippen molar-refractivity contribution in [2.45, 2.75) is 17.7 Å². The third-order valence-corrected chi connectivity index (χ3v) is 4.14. The molecule has 0 N–H and O–H groups in total. The normalized spacial score (nSPS) is 20.1. The van der Waals surface area contributed by atoms with Gasteiger partial charge in [0.1, 0.15) is 5.82 Å². The van der Waals surface area contributed by atoms with Crippen molar-refractivity contribution in [3.05, 3.63) is 35.6 Å². The number of alkyl halides is 1. The summed E-state index contributed by atoms with van der Waals surface area (Å²) in [4.78, 5) is 0.321. The predicted molar refractivity (Wildman–Crippen MR) is 61.6 cm³/mol. The van der Waals surface area contributed by atoms with E-state index in [2.05, 4.69) is 15.9 Å². The van der Waals surface area contributed by atoms with E-state index in [-0.39, 0.29) is 5.82 Å². The number of hydrogen-bond donors (Lipinski definition) is 0. The molecular weight excluding hydrogens is 259 g/mol. The summed E-state index contributed by atoms with van der Waals surface area (Å²) in [5.74, 6) is 0.426. The number of halogens is 2. The van der Waals surface area contributed by atoms with E-state index in [4.69, 9.17) is 4.74 Å². The Hall–Kier alpha value is -0.410. The summed E-state index contributed by atoms with van der Waals surface area (Å²) >= 11 is 3.69. The van der Waals surface area contributed by atoms with Gasteiger partial charge in [-0.05, 0) is 36.5 Å². The van der Waals surface area contributed by atoms with E-state index in [0.717, 1.165) is 31.6 Å². The Labute approximate surface area is 97.8 Å². The average Bonchev–Trinajstić information content (AvgIpc) is 2.30. The molecule has 1 fully saturated rings. The number of rotatable bonds is 2. The minimum absolute atomic E-state index is 0.176. The molecule has 0 aromatic heterocycles. The molecule has 1 atom stereocenters. The van der Waals surface area contributed by atoms with Crippen LogP contribution in [0.15, 0.2) is 24.3 Å². The fourth-order valence-electron chi connectivity index (χ4n) is 1.93. The molecule has 82 valence electrons. The van der Waals surface area contributed by atoms with E-state index in [9.17, 15) is 4.39 Å². The van der Waals surface area contributed by atoms with E-state index in [1.807, 2.05) is 12.1 Å². The topological polar surface area (TPSA) is 9.23 Å². The van der Waals surface area contributed by atoms with E-state index in [0.29, 0.717) is 10.7 Å². The predicted octanol–water partition coefficient (Wildman–Crippen LogP) is 3.69. The van der Waals surface area contributed by atoms with Gasteiger partial charge in [-0.3, -0.25) is 0 Å². The lowest BCUT2D eigenvalue weighted by Crippen LogP contribution is -2.19. The van der Waals surface area contributed by atoms with Crippen LogP contribution in [0.3, 0.4) is 0 Å². The minimum Gasteiger partial charge on any atom is -0.381 e. The number of ether oxygens (including phenoxy) is 1. The van der Waals surface area contributed by atoms with Gasteiger partial charge in [-0.2, -0.15) is 0 Å². The number of benzene rings is 1. The molecule has 0 radical (unpaired) electrons. The van der Waals surface area contributed by atoms with Crippen molar-refractivity contribution in [3.8, 4) is 0 Å². The van der Waals surface area contributed by atoms with Gasteiger partial charge in [0.05, 0.1) is 0 Å². The molecule has 1 saturated heterocycles. The molecule has 0 spiro atoms. The largest absolute Gasteiger partial charge is 0.381 e. The van der Waals surface area contributed by atoms with Crippen LogP contribution >= 0.6 is 15.9 Å². The lowest BCUT2D eigenvalue weighted by Gasteiger charge is -2.26. The van der Waals surface area contributed by atoms with E-state index in [1.165, 1.54) is 12.1 Å². The van der Waals surface area contributed by atoms with E-state index < -0.39 is 0 Å². The van der Waals surface area contributed by atoms with Gasteiger partial charge in [0.2, 0.25) is 0 Å². The van der Waals surface area contributed by atoms with Gasteiger partial charge in [-0.15, -0.1) is 0 Å². The van der Waals surface area contributed by atoms with Gasteiger partial charge in [0.15, 0.2) is 0 Å². The number of hydrogen-bond acceptors (Lipinski definition) is 1. The van der Waals surface area contributed by atoms with E-state index in [1.54, 1.807) is 0 Å². The first-order valence-electron chi connectivity index (χ1n) is 5.24. The highest BCUT2D eigenvalue weighted by Gasteiger charge is 2.22. The maximum atomic E-state index is 12.8. The van der Waals surface area contributed by atoms with Crippen molar-refractivity contribution in [1.29, 1.82) is 0 Å². The average molecular weight is 273 g/mol. The highest BCUT2D eigenvalue weighted by Crippen LogP contribution is 2.36. The molecule has 0 amide bonds. The molecule has 1 aliphatic heterocycles. The molecule has 2 rings (SSSR count). The second kappa shape index (κ2) is 5.08. The van der Waals surface area contributed by atoms with Crippen LogP contribution in [0.5, 0.6) is 0 Å². The molecule has 1 aromatic rings. The summed E-state index contributed by atoms with van der Waals surface area (Å²) in [5.41, 5.74) is 1.16. The fourth-order valence-corrected chi connectivity index (χ4v) is 2.76. The van der Waals surface area contributed by atoms with Crippen LogP contribution in [0.2, 0.25) is 0 Å². The summed E-state index contributed by atoms with van der Waals surface area (Å²) in [6.45, 7) is 1.68. The highest BCUT2D eigenvalue weighted by molar-refractivity contribution is 9.09. The third-order valence-electron chi connectivity index (χ3n) is 2.87. The van der Waals surface area contributed by atoms with E-state index >= 15 is 0 Å². The summed E-state index contributed by atoms with van der Waals surface area (Å²) < 4.78 is 18.1. The summed E-state index contributed by atoms with van der Waals surface area (Å²) in [6.07, 6.45) is 2.15. The Morgan fingerprint density at radius 2 is 1.80 bits per heavy atom. The minimum atomic E-state index is -0.176. The first kappa shape index (κ1) is 11.1. The van der Waals surface area contributed by atoms with Crippen molar-refractivity contribution in [1.82, 2.24) is 0 Å². The van der Waals surface area contributed by atoms with Crippen LogP contribution in [0.4, 0.5) is 4.39 Å². The first-order valence-corrected chi connectivity index (χ1v) is 6.16. The van der Waals surface area contributed by atoms with Gasteiger partial charge in [0, 0.05) is 18.0 Å². The quantitative estimate of drug-likeness (QED) is 0.747. The monoisotopic (exact) mass is 272 g/mol. The molecule has 0 aliphatic carbocycles.